The third kappa shape index (κ3) is 3.88. The van der Waals surface area contributed by atoms with Crippen LogP contribution in [-0.4, -0.2) is 18.6 Å². The predicted octanol–water partition coefficient (Wildman–Crippen LogP) is 4.07. The van der Waals surface area contributed by atoms with Crippen molar-refractivity contribution >= 4 is 27.3 Å². The highest BCUT2D eigenvalue weighted by atomic mass is 79.9. The number of nitrogens with zero attached hydrogens (tertiary/aromatic N) is 1. The highest BCUT2D eigenvalue weighted by molar-refractivity contribution is 9.10. The summed E-state index contributed by atoms with van der Waals surface area (Å²) in [5.41, 5.74) is 2.52. The van der Waals surface area contributed by atoms with E-state index in [1.165, 1.54) is 15.4 Å². The fourth-order valence-electron chi connectivity index (χ4n) is 2.15. The monoisotopic (exact) mass is 338 g/mol. The molecule has 1 heterocycles. The Morgan fingerprint density at radius 3 is 2.74 bits per heavy atom. The maximum atomic E-state index is 4.66. The minimum Gasteiger partial charge on any atom is -0.319 e. The first kappa shape index (κ1) is 14.7. The molecule has 1 aromatic carbocycles. The average molecular weight is 339 g/mol. The Morgan fingerprint density at radius 1 is 1.37 bits per heavy atom. The van der Waals surface area contributed by atoms with Gasteiger partial charge in [0.2, 0.25) is 0 Å². The van der Waals surface area contributed by atoms with E-state index in [4.69, 9.17) is 0 Å². The number of aryl methyl sites for hydroxylation is 2. The van der Waals surface area contributed by atoms with Crippen molar-refractivity contribution in [3.05, 3.63) is 49.9 Å². The summed E-state index contributed by atoms with van der Waals surface area (Å²) >= 11 is 5.37. The van der Waals surface area contributed by atoms with E-state index in [2.05, 4.69) is 64.3 Å². The van der Waals surface area contributed by atoms with Gasteiger partial charge in [-0.25, -0.2) is 4.98 Å². The molecule has 19 heavy (non-hydrogen) atoms. The maximum Gasteiger partial charge on any atom is 0.0937 e. The van der Waals surface area contributed by atoms with Gasteiger partial charge in [0.25, 0.3) is 0 Å². The van der Waals surface area contributed by atoms with Gasteiger partial charge in [-0.3, -0.25) is 0 Å². The zero-order valence-electron chi connectivity index (χ0n) is 11.5. The third-order valence-electron chi connectivity index (χ3n) is 3.26. The molecule has 0 fully saturated rings. The number of benzene rings is 1. The summed E-state index contributed by atoms with van der Waals surface area (Å²) in [6.45, 7) is 5.19. The maximum absolute atomic E-state index is 4.66. The molecular weight excluding hydrogens is 320 g/mol. The van der Waals surface area contributed by atoms with Gasteiger partial charge in [-0.1, -0.05) is 28.1 Å². The van der Waals surface area contributed by atoms with Crippen LogP contribution in [-0.2, 0) is 6.42 Å². The van der Waals surface area contributed by atoms with Crippen LogP contribution in [0.5, 0.6) is 0 Å². The van der Waals surface area contributed by atoms with E-state index in [-0.39, 0.29) is 0 Å². The number of halogens is 1. The van der Waals surface area contributed by atoms with Crippen molar-refractivity contribution in [3.8, 4) is 0 Å². The molecular formula is C15H19BrN2S. The third-order valence-corrected chi connectivity index (χ3v) is 4.85. The van der Waals surface area contributed by atoms with Crippen LogP contribution in [0.3, 0.4) is 0 Å². The Labute approximate surface area is 127 Å². The number of rotatable bonds is 5. The number of likely N-dealkylation sites (N-methyl/N-ethyl adjacent to an activating group) is 1. The van der Waals surface area contributed by atoms with Crippen LogP contribution in [0.25, 0.3) is 0 Å². The standard InChI is InChI=1S/C15H19BrN2S/c1-10-11(2)19-15(18-10)8-13(9-17-3)12-5-4-6-14(16)7-12/h4-7,13,17H,8-9H2,1-3H3. The summed E-state index contributed by atoms with van der Waals surface area (Å²) < 4.78 is 1.14. The lowest BCUT2D eigenvalue weighted by Gasteiger charge is -2.16. The molecule has 0 spiro atoms. The number of hydrogen-bond donors (Lipinski definition) is 1. The molecule has 2 nitrogen and oxygen atoms in total. The van der Waals surface area contributed by atoms with Crippen LogP contribution >= 0.6 is 27.3 Å². The van der Waals surface area contributed by atoms with Gasteiger partial charge in [-0.15, -0.1) is 11.3 Å². The quantitative estimate of drug-likeness (QED) is 0.888. The van der Waals surface area contributed by atoms with Gasteiger partial charge in [0.05, 0.1) is 10.7 Å². The number of aromatic nitrogens is 1. The first-order chi connectivity index (χ1) is 9.10. The molecule has 2 aromatic rings. The van der Waals surface area contributed by atoms with E-state index in [0.29, 0.717) is 5.92 Å². The number of nitrogens with one attached hydrogen (secondary N) is 1. The molecule has 0 saturated heterocycles. The SMILES string of the molecule is CNCC(Cc1nc(C)c(C)s1)c1cccc(Br)c1. The van der Waals surface area contributed by atoms with Gasteiger partial charge in [0.15, 0.2) is 0 Å². The molecule has 0 aliphatic rings. The Balaban J connectivity index is 2.20. The fourth-order valence-corrected chi connectivity index (χ4v) is 3.58. The molecule has 4 heteroatoms. The van der Waals surface area contributed by atoms with Crippen LogP contribution in [0.15, 0.2) is 28.7 Å². The van der Waals surface area contributed by atoms with Gasteiger partial charge in [-0.05, 0) is 38.6 Å². The van der Waals surface area contributed by atoms with E-state index >= 15 is 0 Å². The largest absolute Gasteiger partial charge is 0.319 e. The Kier molecular flexibility index (Phi) is 5.13. The van der Waals surface area contributed by atoms with Crippen molar-refractivity contribution in [3.63, 3.8) is 0 Å². The zero-order valence-corrected chi connectivity index (χ0v) is 13.9. The van der Waals surface area contributed by atoms with Gasteiger partial charge in [-0.2, -0.15) is 0 Å². The minimum atomic E-state index is 0.465. The smallest absolute Gasteiger partial charge is 0.0937 e. The summed E-state index contributed by atoms with van der Waals surface area (Å²) in [5.74, 6) is 0.465. The second-order valence-corrected chi connectivity index (χ2v) is 6.97. The van der Waals surface area contributed by atoms with Gasteiger partial charge >= 0.3 is 0 Å². The fraction of sp³-hybridized carbons (Fsp3) is 0.400. The Morgan fingerprint density at radius 2 is 2.16 bits per heavy atom. The lowest BCUT2D eigenvalue weighted by atomic mass is 9.96. The summed E-state index contributed by atoms with van der Waals surface area (Å²) in [5, 5.41) is 4.52. The summed E-state index contributed by atoms with van der Waals surface area (Å²) in [6.07, 6.45) is 0.997. The minimum absolute atomic E-state index is 0.465. The molecule has 0 radical (unpaired) electrons. The molecule has 0 bridgehead atoms. The van der Waals surface area contributed by atoms with Gasteiger partial charge in [0.1, 0.15) is 0 Å². The second kappa shape index (κ2) is 6.64. The molecule has 1 atom stereocenters. The first-order valence-corrected chi connectivity index (χ1v) is 8.04. The van der Waals surface area contributed by atoms with Crippen LogP contribution < -0.4 is 5.32 Å². The highest BCUT2D eigenvalue weighted by Crippen LogP contribution is 2.26. The Bertz CT molecular complexity index is 531. The topological polar surface area (TPSA) is 24.9 Å². The zero-order chi connectivity index (χ0) is 13.8. The van der Waals surface area contributed by atoms with E-state index in [1.807, 2.05) is 18.4 Å². The van der Waals surface area contributed by atoms with Crippen molar-refractivity contribution in [2.45, 2.75) is 26.2 Å². The van der Waals surface area contributed by atoms with Crippen molar-refractivity contribution < 1.29 is 0 Å². The summed E-state index contributed by atoms with van der Waals surface area (Å²) in [7, 11) is 2.00. The van der Waals surface area contributed by atoms with Crippen molar-refractivity contribution in [2.75, 3.05) is 13.6 Å². The normalized spacial score (nSPS) is 12.6. The predicted molar refractivity (Wildman–Crippen MR) is 86.1 cm³/mol. The molecule has 0 aliphatic carbocycles. The van der Waals surface area contributed by atoms with E-state index in [0.717, 1.165) is 23.1 Å². The van der Waals surface area contributed by atoms with Crippen molar-refractivity contribution in [2.24, 2.45) is 0 Å². The molecule has 1 aromatic heterocycles. The molecule has 1 N–H and O–H groups in total. The number of thiazole rings is 1. The second-order valence-electron chi connectivity index (χ2n) is 4.76. The first-order valence-electron chi connectivity index (χ1n) is 6.43. The van der Waals surface area contributed by atoms with Crippen LogP contribution in [0.1, 0.15) is 27.1 Å². The molecule has 1 unspecified atom stereocenters. The van der Waals surface area contributed by atoms with Gasteiger partial charge < -0.3 is 5.32 Å². The van der Waals surface area contributed by atoms with E-state index < -0.39 is 0 Å². The lowest BCUT2D eigenvalue weighted by molar-refractivity contribution is 0.623. The van der Waals surface area contributed by atoms with Crippen LogP contribution in [0.4, 0.5) is 0 Å². The highest BCUT2D eigenvalue weighted by Gasteiger charge is 2.15. The number of hydrogen-bond acceptors (Lipinski definition) is 3. The van der Waals surface area contributed by atoms with Crippen molar-refractivity contribution in [1.82, 2.24) is 10.3 Å². The van der Waals surface area contributed by atoms with Crippen LogP contribution in [0.2, 0.25) is 0 Å². The summed E-state index contributed by atoms with van der Waals surface area (Å²) in [6, 6.07) is 8.56. The van der Waals surface area contributed by atoms with Crippen molar-refractivity contribution in [1.29, 1.82) is 0 Å². The lowest BCUT2D eigenvalue weighted by Crippen LogP contribution is -2.19. The Hall–Kier alpha value is -0.710. The molecule has 102 valence electrons. The van der Waals surface area contributed by atoms with E-state index in [9.17, 15) is 0 Å². The van der Waals surface area contributed by atoms with Crippen LogP contribution in [0, 0.1) is 13.8 Å². The molecule has 0 amide bonds. The molecule has 0 saturated carbocycles. The van der Waals surface area contributed by atoms with E-state index in [1.54, 1.807) is 0 Å². The summed E-state index contributed by atoms with van der Waals surface area (Å²) in [4.78, 5) is 5.99. The average Bonchev–Trinajstić information content (AvgIpc) is 2.68. The molecule has 0 aliphatic heterocycles. The van der Waals surface area contributed by atoms with Gasteiger partial charge in [0, 0.05) is 28.2 Å². The molecule has 2 rings (SSSR count).